The van der Waals surface area contributed by atoms with Crippen molar-refractivity contribution in [2.75, 3.05) is 9.80 Å². The summed E-state index contributed by atoms with van der Waals surface area (Å²) in [6.07, 6.45) is 5.23. The quantitative estimate of drug-likeness (QED) is 0.214. The zero-order valence-corrected chi connectivity index (χ0v) is 23.7. The van der Waals surface area contributed by atoms with Crippen molar-refractivity contribution in [3.63, 3.8) is 0 Å². The van der Waals surface area contributed by atoms with Crippen LogP contribution in [0.2, 0.25) is 0 Å². The molecule has 4 nitrogen and oxygen atoms in total. The lowest BCUT2D eigenvalue weighted by molar-refractivity contribution is 0.0965. The lowest BCUT2D eigenvalue weighted by Gasteiger charge is -2.43. The molecule has 5 rings (SSSR count). The van der Waals surface area contributed by atoms with E-state index in [4.69, 9.17) is 0 Å². The van der Waals surface area contributed by atoms with E-state index in [2.05, 4.69) is 32.0 Å². The number of benzene rings is 4. The molecule has 0 spiro atoms. The molecule has 0 saturated carbocycles. The first-order valence-electron chi connectivity index (χ1n) is 14.4. The zero-order chi connectivity index (χ0) is 28.1. The Morgan fingerprint density at radius 1 is 0.800 bits per heavy atom. The molecule has 4 heteroatoms. The van der Waals surface area contributed by atoms with E-state index in [1.165, 1.54) is 18.4 Å². The van der Waals surface area contributed by atoms with Crippen molar-refractivity contribution in [1.82, 2.24) is 0 Å². The Morgan fingerprint density at radius 2 is 1.45 bits per heavy atom. The molecule has 4 aromatic carbocycles. The molecule has 0 unspecified atom stereocenters. The van der Waals surface area contributed by atoms with Gasteiger partial charge in [0, 0.05) is 28.5 Å². The lowest BCUT2D eigenvalue weighted by atomic mass is 9.89. The van der Waals surface area contributed by atoms with Gasteiger partial charge in [-0.2, -0.15) is 0 Å². The third kappa shape index (κ3) is 5.72. The van der Waals surface area contributed by atoms with Crippen molar-refractivity contribution >= 4 is 23.2 Å². The predicted molar refractivity (Wildman–Crippen MR) is 164 cm³/mol. The predicted octanol–water partition coefficient (Wildman–Crippen LogP) is 8.55. The Morgan fingerprint density at radius 3 is 2.15 bits per heavy atom. The van der Waals surface area contributed by atoms with E-state index >= 15 is 0 Å². The topological polar surface area (TPSA) is 40.6 Å². The number of anilines is 2. The van der Waals surface area contributed by atoms with Crippen molar-refractivity contribution in [2.45, 2.75) is 65.0 Å². The summed E-state index contributed by atoms with van der Waals surface area (Å²) >= 11 is 0. The van der Waals surface area contributed by atoms with Gasteiger partial charge in [-0.3, -0.25) is 9.59 Å². The van der Waals surface area contributed by atoms with Gasteiger partial charge in [-0.15, -0.1) is 0 Å². The molecule has 1 heterocycles. The van der Waals surface area contributed by atoms with Gasteiger partial charge in [0.1, 0.15) is 0 Å². The van der Waals surface area contributed by atoms with E-state index in [9.17, 15) is 9.59 Å². The van der Waals surface area contributed by atoms with E-state index in [1.807, 2.05) is 102 Å². The average molecular weight is 531 g/mol. The minimum atomic E-state index is -0.215. The summed E-state index contributed by atoms with van der Waals surface area (Å²) in [5.41, 5.74) is 6.41. The second-order valence-corrected chi connectivity index (χ2v) is 10.9. The summed E-state index contributed by atoms with van der Waals surface area (Å²) in [5.74, 6) is -0.0497. The van der Waals surface area contributed by atoms with Crippen LogP contribution in [0.1, 0.15) is 83.0 Å². The minimum absolute atomic E-state index is 0.0188. The molecule has 204 valence electrons. The number of para-hydroxylation sites is 2. The molecule has 2 amide bonds. The summed E-state index contributed by atoms with van der Waals surface area (Å²) in [4.78, 5) is 31.8. The highest BCUT2D eigenvalue weighted by molar-refractivity contribution is 6.09. The van der Waals surface area contributed by atoms with E-state index < -0.39 is 0 Å². The molecule has 0 radical (unpaired) electrons. The fourth-order valence-electron chi connectivity index (χ4n) is 5.73. The maximum absolute atomic E-state index is 14.2. The molecule has 1 aliphatic rings. The molecule has 40 heavy (non-hydrogen) atoms. The first-order chi connectivity index (χ1) is 19.5. The maximum Gasteiger partial charge on any atom is 0.258 e. The first-order valence-corrected chi connectivity index (χ1v) is 14.4. The molecule has 0 fully saturated rings. The summed E-state index contributed by atoms with van der Waals surface area (Å²) in [7, 11) is 0. The molecular formula is C36H38N2O2. The Hall–Kier alpha value is -4.18. The minimum Gasteiger partial charge on any atom is -0.305 e. The summed E-state index contributed by atoms with van der Waals surface area (Å²) in [6.45, 7) is 6.31. The highest BCUT2D eigenvalue weighted by Gasteiger charge is 2.39. The Kier molecular flexibility index (Phi) is 8.45. The Labute approximate surface area is 238 Å². The van der Waals surface area contributed by atoms with E-state index in [0.29, 0.717) is 17.5 Å². The van der Waals surface area contributed by atoms with E-state index in [-0.39, 0.29) is 23.9 Å². The number of aryl methyl sites for hydroxylation is 2. The van der Waals surface area contributed by atoms with Crippen molar-refractivity contribution in [2.24, 2.45) is 0 Å². The number of rotatable bonds is 8. The summed E-state index contributed by atoms with van der Waals surface area (Å²) < 4.78 is 0. The van der Waals surface area contributed by atoms with Crippen LogP contribution < -0.4 is 9.80 Å². The number of hydrogen-bond donors (Lipinski definition) is 0. The van der Waals surface area contributed by atoms with Crippen LogP contribution in [0.4, 0.5) is 11.4 Å². The molecular weight excluding hydrogens is 492 g/mol. The van der Waals surface area contributed by atoms with Gasteiger partial charge in [-0.1, -0.05) is 86.0 Å². The van der Waals surface area contributed by atoms with Gasteiger partial charge < -0.3 is 9.80 Å². The van der Waals surface area contributed by atoms with E-state index in [0.717, 1.165) is 35.3 Å². The first kappa shape index (κ1) is 27.4. The normalized spacial score (nSPS) is 16.3. The van der Waals surface area contributed by atoms with Crippen LogP contribution in [0, 0.1) is 6.92 Å². The van der Waals surface area contributed by atoms with Crippen LogP contribution in [-0.4, -0.2) is 17.9 Å². The fourth-order valence-corrected chi connectivity index (χ4v) is 5.73. The number of nitrogens with zero attached hydrogens (tertiary/aromatic N) is 2. The van der Waals surface area contributed by atoms with Gasteiger partial charge in [0.2, 0.25) is 0 Å². The zero-order valence-electron chi connectivity index (χ0n) is 23.7. The lowest BCUT2D eigenvalue weighted by Crippen LogP contribution is -2.47. The highest BCUT2D eigenvalue weighted by atomic mass is 16.2. The van der Waals surface area contributed by atoms with Gasteiger partial charge in [0.05, 0.1) is 6.04 Å². The molecule has 4 aromatic rings. The molecule has 0 saturated heterocycles. The third-order valence-corrected chi connectivity index (χ3v) is 7.91. The molecule has 2 atom stereocenters. The standard InChI is InChI=1S/C36H38N2O2/c1-4-5-7-12-28-19-23-30(24-20-28)36(40)38(31-13-8-6-9-14-31)34-25-27(3)37(33-16-11-10-15-32(33)34)35(39)29-21-17-26(2)18-22-29/h6,8-11,13-24,27,34H,4-5,7,12,25H2,1-3H3/t27-,34+/m1/s1. The number of hydrogen-bond acceptors (Lipinski definition) is 2. The summed E-state index contributed by atoms with van der Waals surface area (Å²) in [5, 5.41) is 0. The molecule has 0 bridgehead atoms. The van der Waals surface area contributed by atoms with Crippen molar-refractivity contribution in [3.05, 3.63) is 131 Å². The average Bonchev–Trinajstić information content (AvgIpc) is 2.98. The van der Waals surface area contributed by atoms with Gasteiger partial charge in [-0.05, 0) is 86.7 Å². The van der Waals surface area contributed by atoms with Crippen LogP contribution in [0.25, 0.3) is 0 Å². The highest BCUT2D eigenvalue weighted by Crippen LogP contribution is 2.43. The number of amides is 2. The smallest absolute Gasteiger partial charge is 0.258 e. The fraction of sp³-hybridized carbons (Fsp3) is 0.278. The van der Waals surface area contributed by atoms with Crippen LogP contribution in [0.5, 0.6) is 0 Å². The Balaban J connectivity index is 1.52. The largest absolute Gasteiger partial charge is 0.305 e. The Bertz CT molecular complexity index is 1440. The van der Waals surface area contributed by atoms with Crippen molar-refractivity contribution in [3.8, 4) is 0 Å². The van der Waals surface area contributed by atoms with Crippen molar-refractivity contribution < 1.29 is 9.59 Å². The maximum atomic E-state index is 14.2. The SMILES string of the molecule is CCCCCc1ccc(C(=O)N(c2ccccc2)[C@H]2C[C@@H](C)N(C(=O)c3ccc(C)cc3)c3ccccc32)cc1. The third-order valence-electron chi connectivity index (χ3n) is 7.91. The van der Waals surface area contributed by atoms with Gasteiger partial charge in [0.15, 0.2) is 0 Å². The van der Waals surface area contributed by atoms with Gasteiger partial charge in [0.25, 0.3) is 11.8 Å². The van der Waals surface area contributed by atoms with Crippen LogP contribution in [0.15, 0.2) is 103 Å². The van der Waals surface area contributed by atoms with Crippen LogP contribution in [-0.2, 0) is 6.42 Å². The second kappa shape index (κ2) is 12.3. The molecule has 0 N–H and O–H groups in total. The number of carbonyl (C=O) groups is 2. The number of carbonyl (C=O) groups excluding carboxylic acids is 2. The second-order valence-electron chi connectivity index (χ2n) is 10.9. The molecule has 0 aliphatic carbocycles. The number of fused-ring (bicyclic) bond motifs is 1. The van der Waals surface area contributed by atoms with E-state index in [1.54, 1.807) is 0 Å². The molecule has 1 aliphatic heterocycles. The van der Waals surface area contributed by atoms with Gasteiger partial charge in [-0.25, -0.2) is 0 Å². The van der Waals surface area contributed by atoms with Crippen LogP contribution >= 0.6 is 0 Å². The van der Waals surface area contributed by atoms with Crippen LogP contribution in [0.3, 0.4) is 0 Å². The van der Waals surface area contributed by atoms with Crippen molar-refractivity contribution in [1.29, 1.82) is 0 Å². The number of unbranched alkanes of at least 4 members (excludes halogenated alkanes) is 2. The monoisotopic (exact) mass is 530 g/mol. The summed E-state index contributed by atoms with van der Waals surface area (Å²) in [6, 6.07) is 33.4. The molecule has 0 aromatic heterocycles. The van der Waals surface area contributed by atoms with Gasteiger partial charge >= 0.3 is 0 Å².